The van der Waals surface area contributed by atoms with Crippen molar-refractivity contribution < 1.29 is 4.74 Å². The van der Waals surface area contributed by atoms with Crippen molar-refractivity contribution in [2.24, 2.45) is 7.05 Å². The lowest BCUT2D eigenvalue weighted by molar-refractivity contribution is 0.0334. The molecule has 4 heterocycles. The largest absolute Gasteiger partial charge is 0.379 e. The van der Waals surface area contributed by atoms with E-state index in [1.165, 1.54) is 22.5 Å². The van der Waals surface area contributed by atoms with Crippen LogP contribution < -0.4 is 0 Å². The smallest absolute Gasteiger partial charge is 0.0813 e. The Balaban J connectivity index is 1.47. The highest BCUT2D eigenvalue weighted by Crippen LogP contribution is 2.28. The fraction of sp³-hybridized carbons (Fsp3) is 0.562. The molecular weight excluding hydrogens is 296 g/mol. The maximum atomic E-state index is 5.44. The van der Waals surface area contributed by atoms with Gasteiger partial charge in [0.2, 0.25) is 0 Å². The van der Waals surface area contributed by atoms with Gasteiger partial charge in [0.25, 0.3) is 0 Å². The summed E-state index contributed by atoms with van der Waals surface area (Å²) in [4.78, 5) is 4.96. The lowest BCUT2D eigenvalue weighted by atomic mass is 10.2. The molecule has 5 nitrogen and oxygen atoms in total. The van der Waals surface area contributed by atoms with Crippen LogP contribution >= 0.6 is 11.3 Å². The highest BCUT2D eigenvalue weighted by Gasteiger charge is 2.27. The van der Waals surface area contributed by atoms with Gasteiger partial charge < -0.3 is 4.74 Å². The summed E-state index contributed by atoms with van der Waals surface area (Å²) in [5.41, 5.74) is 5.51. The van der Waals surface area contributed by atoms with Crippen LogP contribution in [0.2, 0.25) is 0 Å². The van der Waals surface area contributed by atoms with Crippen LogP contribution in [0.3, 0.4) is 0 Å². The third kappa shape index (κ3) is 2.84. The van der Waals surface area contributed by atoms with E-state index < -0.39 is 0 Å². The van der Waals surface area contributed by atoms with Gasteiger partial charge >= 0.3 is 0 Å². The van der Waals surface area contributed by atoms with Gasteiger partial charge in [0.15, 0.2) is 0 Å². The van der Waals surface area contributed by atoms with E-state index in [9.17, 15) is 0 Å². The molecule has 6 heteroatoms. The van der Waals surface area contributed by atoms with Gasteiger partial charge in [0.05, 0.1) is 24.6 Å². The maximum Gasteiger partial charge on any atom is 0.0813 e. The summed E-state index contributed by atoms with van der Waals surface area (Å²) in [6, 6.07) is 2.22. The molecule has 2 aliphatic heterocycles. The van der Waals surface area contributed by atoms with E-state index in [-0.39, 0.29) is 0 Å². The second kappa shape index (κ2) is 6.12. The average Bonchev–Trinajstić information content (AvgIpc) is 3.22. The number of thiophene rings is 1. The van der Waals surface area contributed by atoms with E-state index >= 15 is 0 Å². The van der Waals surface area contributed by atoms with Crippen molar-refractivity contribution in [3.05, 3.63) is 39.3 Å². The van der Waals surface area contributed by atoms with Gasteiger partial charge in [-0.15, -0.1) is 0 Å². The predicted octanol–water partition coefficient (Wildman–Crippen LogP) is 1.83. The van der Waals surface area contributed by atoms with Gasteiger partial charge in [-0.05, 0) is 22.4 Å². The molecule has 118 valence electrons. The summed E-state index contributed by atoms with van der Waals surface area (Å²) < 4.78 is 7.52. The minimum atomic E-state index is 0.847. The zero-order valence-electron chi connectivity index (χ0n) is 13.0. The van der Waals surface area contributed by atoms with Crippen LogP contribution in [0.5, 0.6) is 0 Å². The zero-order chi connectivity index (χ0) is 14.9. The number of ether oxygens (including phenoxy) is 1. The molecule has 0 bridgehead atoms. The highest BCUT2D eigenvalue weighted by molar-refractivity contribution is 7.07. The van der Waals surface area contributed by atoms with Crippen LogP contribution in [0.15, 0.2) is 16.8 Å². The first-order chi connectivity index (χ1) is 10.8. The van der Waals surface area contributed by atoms with Gasteiger partial charge in [-0.3, -0.25) is 14.5 Å². The Bertz CT molecular complexity index is 631. The molecule has 0 aliphatic carbocycles. The molecule has 0 spiro atoms. The Morgan fingerprint density at radius 1 is 1.18 bits per heavy atom. The van der Waals surface area contributed by atoms with Crippen LogP contribution in [-0.4, -0.2) is 45.9 Å². The summed E-state index contributed by atoms with van der Waals surface area (Å²) in [6.07, 6.45) is 0. The molecule has 2 aromatic heterocycles. The summed E-state index contributed by atoms with van der Waals surface area (Å²) in [6.45, 7) is 7.76. The van der Waals surface area contributed by atoms with Gasteiger partial charge in [0, 0.05) is 51.9 Å². The molecule has 0 unspecified atom stereocenters. The van der Waals surface area contributed by atoms with E-state index in [1.807, 2.05) is 0 Å². The van der Waals surface area contributed by atoms with Crippen molar-refractivity contribution in [2.45, 2.75) is 26.2 Å². The predicted molar refractivity (Wildman–Crippen MR) is 86.6 cm³/mol. The van der Waals surface area contributed by atoms with Crippen molar-refractivity contribution >= 4 is 11.3 Å². The molecule has 0 radical (unpaired) electrons. The molecule has 0 saturated carbocycles. The molecule has 0 amide bonds. The van der Waals surface area contributed by atoms with Crippen molar-refractivity contribution in [3.8, 4) is 0 Å². The number of morpholine rings is 1. The topological polar surface area (TPSA) is 33.5 Å². The van der Waals surface area contributed by atoms with Gasteiger partial charge in [0.1, 0.15) is 0 Å². The first-order valence-corrected chi connectivity index (χ1v) is 8.81. The standard InChI is InChI=1S/C16H22N4OS/c1-18-16-11-20(8-13-2-7-22-12-13)9-14(16)15(17-18)10-19-3-5-21-6-4-19/h2,7,12H,3-6,8-11H2,1H3. The van der Waals surface area contributed by atoms with Crippen LogP contribution in [0.4, 0.5) is 0 Å². The van der Waals surface area contributed by atoms with E-state index in [2.05, 4.69) is 38.4 Å². The van der Waals surface area contributed by atoms with E-state index in [0.29, 0.717) is 0 Å². The second-order valence-corrected chi connectivity index (χ2v) is 6.94. The first kappa shape index (κ1) is 14.4. The third-order valence-corrected chi connectivity index (χ3v) is 5.31. The Morgan fingerprint density at radius 2 is 2.05 bits per heavy atom. The second-order valence-electron chi connectivity index (χ2n) is 6.16. The lowest BCUT2D eigenvalue weighted by Crippen LogP contribution is -2.36. The quantitative estimate of drug-likeness (QED) is 0.861. The number of nitrogens with zero attached hydrogens (tertiary/aromatic N) is 4. The zero-order valence-corrected chi connectivity index (χ0v) is 13.8. The number of aryl methyl sites for hydroxylation is 1. The number of rotatable bonds is 4. The Hall–Kier alpha value is -1.21. The Kier molecular flexibility index (Phi) is 4.00. The Labute approximate surface area is 135 Å². The number of hydrogen-bond acceptors (Lipinski definition) is 5. The molecule has 4 rings (SSSR count). The summed E-state index contributed by atoms with van der Waals surface area (Å²) in [5.74, 6) is 0. The number of hydrogen-bond donors (Lipinski definition) is 0. The van der Waals surface area contributed by atoms with Crippen LogP contribution in [0.25, 0.3) is 0 Å². The minimum absolute atomic E-state index is 0.847. The van der Waals surface area contributed by atoms with Gasteiger partial charge in [-0.25, -0.2) is 0 Å². The summed E-state index contributed by atoms with van der Waals surface area (Å²) >= 11 is 1.78. The average molecular weight is 318 g/mol. The molecule has 1 fully saturated rings. The van der Waals surface area contributed by atoms with Crippen LogP contribution in [0.1, 0.15) is 22.5 Å². The highest BCUT2D eigenvalue weighted by atomic mass is 32.1. The van der Waals surface area contributed by atoms with E-state index in [0.717, 1.165) is 52.5 Å². The molecule has 1 saturated heterocycles. The molecule has 2 aliphatic rings. The monoisotopic (exact) mass is 318 g/mol. The van der Waals surface area contributed by atoms with Gasteiger partial charge in [-0.1, -0.05) is 0 Å². The number of fused-ring (bicyclic) bond motifs is 1. The summed E-state index contributed by atoms with van der Waals surface area (Å²) in [7, 11) is 2.08. The summed E-state index contributed by atoms with van der Waals surface area (Å²) in [5, 5.41) is 9.17. The molecule has 2 aromatic rings. The SMILES string of the molecule is Cn1nc(CN2CCOCC2)c2c1CN(Cc1ccsc1)C2. The van der Waals surface area contributed by atoms with Crippen LogP contribution in [-0.2, 0) is 38.0 Å². The third-order valence-electron chi connectivity index (χ3n) is 4.58. The fourth-order valence-electron chi connectivity index (χ4n) is 3.39. The van der Waals surface area contributed by atoms with Crippen molar-refractivity contribution in [1.29, 1.82) is 0 Å². The number of aromatic nitrogens is 2. The van der Waals surface area contributed by atoms with Crippen molar-refractivity contribution in [2.75, 3.05) is 26.3 Å². The first-order valence-electron chi connectivity index (χ1n) is 7.87. The van der Waals surface area contributed by atoms with Crippen molar-refractivity contribution in [1.82, 2.24) is 19.6 Å². The fourth-order valence-corrected chi connectivity index (χ4v) is 4.05. The van der Waals surface area contributed by atoms with Gasteiger partial charge in [-0.2, -0.15) is 16.4 Å². The molecule has 0 aromatic carbocycles. The Morgan fingerprint density at radius 3 is 2.82 bits per heavy atom. The van der Waals surface area contributed by atoms with Crippen molar-refractivity contribution in [3.63, 3.8) is 0 Å². The van der Waals surface area contributed by atoms with Crippen LogP contribution in [0, 0.1) is 0 Å². The van der Waals surface area contributed by atoms with E-state index in [1.54, 1.807) is 11.3 Å². The van der Waals surface area contributed by atoms with E-state index in [4.69, 9.17) is 9.84 Å². The molecule has 22 heavy (non-hydrogen) atoms. The molecular formula is C16H22N4OS. The lowest BCUT2D eigenvalue weighted by Gasteiger charge is -2.26. The minimum Gasteiger partial charge on any atom is -0.379 e. The maximum absolute atomic E-state index is 5.44. The normalized spacial score (nSPS) is 19.7. The molecule has 0 atom stereocenters. The molecule has 0 N–H and O–H groups in total.